The van der Waals surface area contributed by atoms with Gasteiger partial charge in [0.15, 0.2) is 11.6 Å². The van der Waals surface area contributed by atoms with Crippen molar-refractivity contribution in [2.45, 2.75) is 27.2 Å². The van der Waals surface area contributed by atoms with Crippen molar-refractivity contribution < 1.29 is 9.13 Å². The minimum atomic E-state index is -0.326. The van der Waals surface area contributed by atoms with E-state index in [0.29, 0.717) is 12.2 Å². The number of hydrogen-bond acceptors (Lipinski definition) is 2. The summed E-state index contributed by atoms with van der Waals surface area (Å²) < 4.78 is 19.1. The molecule has 2 aromatic carbocycles. The van der Waals surface area contributed by atoms with E-state index in [-0.39, 0.29) is 5.82 Å². The number of hydrogen-bond donors (Lipinski definition) is 0. The van der Waals surface area contributed by atoms with Gasteiger partial charge < -0.3 is 9.64 Å². The molecule has 0 heterocycles. The quantitative estimate of drug-likeness (QED) is 0.569. The number of rotatable bonds is 6. The van der Waals surface area contributed by atoms with Gasteiger partial charge in [0, 0.05) is 25.6 Å². The van der Waals surface area contributed by atoms with E-state index < -0.39 is 0 Å². The number of benzene rings is 2. The number of ether oxygens (including phenoxy) is 1. The molecule has 4 heteroatoms. The highest BCUT2D eigenvalue weighted by Crippen LogP contribution is 2.29. The summed E-state index contributed by atoms with van der Waals surface area (Å²) in [5.74, 6) is -0.00517. The van der Waals surface area contributed by atoms with Crippen LogP contribution < -0.4 is 4.74 Å². The number of nitrogens with zero attached hydrogens (tertiary/aromatic N) is 2. The Kier molecular flexibility index (Phi) is 5.96. The third kappa shape index (κ3) is 4.13. The van der Waals surface area contributed by atoms with Gasteiger partial charge in [-0.3, -0.25) is 0 Å². The van der Waals surface area contributed by atoms with Crippen molar-refractivity contribution in [1.29, 1.82) is 0 Å². The standard InChI is InChI=1S/C20H25FN2O/c1-6-23(4)13-22-19-11-14(2)17(10-15(19)3)12-16-8-7-9-18(21)20(16)24-5/h7-11,13H,6,12H2,1-5H3. The van der Waals surface area contributed by atoms with E-state index in [1.54, 1.807) is 6.07 Å². The molecule has 0 radical (unpaired) electrons. The Morgan fingerprint density at radius 2 is 1.92 bits per heavy atom. The van der Waals surface area contributed by atoms with Crippen LogP contribution in [0.15, 0.2) is 35.3 Å². The zero-order valence-corrected chi connectivity index (χ0v) is 15.1. The van der Waals surface area contributed by atoms with Crippen LogP contribution in [0.25, 0.3) is 0 Å². The molecule has 0 aromatic heterocycles. The third-order valence-corrected chi connectivity index (χ3v) is 4.18. The SMILES string of the molecule is CCN(C)C=Nc1cc(C)c(Cc2cccc(F)c2OC)cc1C. The lowest BCUT2D eigenvalue weighted by Gasteiger charge is -2.14. The molecule has 0 atom stereocenters. The Labute approximate surface area is 143 Å². The minimum absolute atomic E-state index is 0.321. The lowest BCUT2D eigenvalue weighted by Crippen LogP contribution is -2.14. The maximum Gasteiger partial charge on any atom is 0.165 e. The molecule has 0 N–H and O–H groups in total. The summed E-state index contributed by atoms with van der Waals surface area (Å²) in [7, 11) is 3.50. The van der Waals surface area contributed by atoms with Gasteiger partial charge in [0.1, 0.15) is 0 Å². The van der Waals surface area contributed by atoms with E-state index in [2.05, 4.69) is 31.0 Å². The first-order valence-corrected chi connectivity index (χ1v) is 8.12. The summed E-state index contributed by atoms with van der Waals surface area (Å²) in [6.07, 6.45) is 2.48. The molecule has 0 spiro atoms. The van der Waals surface area contributed by atoms with Crippen molar-refractivity contribution >= 4 is 12.0 Å². The first kappa shape index (κ1) is 18.0. The van der Waals surface area contributed by atoms with E-state index >= 15 is 0 Å². The highest BCUT2D eigenvalue weighted by Gasteiger charge is 2.11. The summed E-state index contributed by atoms with van der Waals surface area (Å²) in [6, 6.07) is 9.24. The first-order valence-electron chi connectivity index (χ1n) is 8.12. The van der Waals surface area contributed by atoms with Crippen molar-refractivity contribution in [3.05, 3.63) is 58.4 Å². The van der Waals surface area contributed by atoms with Gasteiger partial charge in [0.25, 0.3) is 0 Å². The van der Waals surface area contributed by atoms with Crippen molar-refractivity contribution in [3.63, 3.8) is 0 Å². The smallest absolute Gasteiger partial charge is 0.165 e. The van der Waals surface area contributed by atoms with Crippen LogP contribution in [-0.4, -0.2) is 31.9 Å². The molecule has 3 nitrogen and oxygen atoms in total. The summed E-state index contributed by atoms with van der Waals surface area (Å²) in [6.45, 7) is 7.10. The normalized spacial score (nSPS) is 11.1. The predicted molar refractivity (Wildman–Crippen MR) is 98.1 cm³/mol. The fourth-order valence-electron chi connectivity index (χ4n) is 2.56. The third-order valence-electron chi connectivity index (χ3n) is 4.18. The Bertz CT molecular complexity index is 741. The van der Waals surface area contributed by atoms with Gasteiger partial charge in [0.2, 0.25) is 0 Å². The van der Waals surface area contributed by atoms with E-state index in [4.69, 9.17) is 4.74 Å². The highest BCUT2D eigenvalue weighted by molar-refractivity contribution is 5.64. The number of para-hydroxylation sites is 1. The Hall–Kier alpha value is -2.36. The second kappa shape index (κ2) is 7.95. The molecule has 24 heavy (non-hydrogen) atoms. The van der Waals surface area contributed by atoms with Crippen LogP contribution in [0.1, 0.15) is 29.2 Å². The number of methoxy groups -OCH3 is 1. The van der Waals surface area contributed by atoms with Crippen molar-refractivity contribution in [3.8, 4) is 5.75 Å². The molecule has 0 aliphatic rings. The molecule has 0 bridgehead atoms. The number of aliphatic imine (C=N–C) groups is 1. The van der Waals surface area contributed by atoms with E-state index in [1.165, 1.54) is 13.2 Å². The molecule has 0 saturated heterocycles. The first-order chi connectivity index (χ1) is 11.5. The molecule has 0 aliphatic heterocycles. The Morgan fingerprint density at radius 1 is 1.17 bits per heavy atom. The van der Waals surface area contributed by atoms with Crippen molar-refractivity contribution in [1.82, 2.24) is 4.90 Å². The molecule has 0 saturated carbocycles. The summed E-state index contributed by atoms with van der Waals surface area (Å²) in [5, 5.41) is 0. The second-order valence-electron chi connectivity index (χ2n) is 5.99. The van der Waals surface area contributed by atoms with Gasteiger partial charge in [-0.25, -0.2) is 9.38 Å². The second-order valence-corrected chi connectivity index (χ2v) is 5.99. The minimum Gasteiger partial charge on any atom is -0.493 e. The lowest BCUT2D eigenvalue weighted by molar-refractivity contribution is 0.382. The van der Waals surface area contributed by atoms with Crippen LogP contribution in [0.5, 0.6) is 5.75 Å². The molecule has 0 fully saturated rings. The van der Waals surface area contributed by atoms with Gasteiger partial charge in [-0.15, -0.1) is 0 Å². The lowest BCUT2D eigenvalue weighted by atomic mass is 9.97. The maximum atomic E-state index is 13.9. The fourth-order valence-corrected chi connectivity index (χ4v) is 2.56. The van der Waals surface area contributed by atoms with Crippen LogP contribution >= 0.6 is 0 Å². The zero-order valence-electron chi connectivity index (χ0n) is 15.1. The highest BCUT2D eigenvalue weighted by atomic mass is 19.1. The van der Waals surface area contributed by atoms with Crippen LogP contribution in [-0.2, 0) is 6.42 Å². The van der Waals surface area contributed by atoms with E-state index in [1.807, 2.05) is 31.3 Å². The predicted octanol–water partition coefficient (Wildman–Crippen LogP) is 4.65. The Morgan fingerprint density at radius 3 is 2.58 bits per heavy atom. The average Bonchev–Trinajstić information content (AvgIpc) is 2.56. The number of aryl methyl sites for hydroxylation is 2. The molecule has 0 amide bonds. The van der Waals surface area contributed by atoms with Crippen LogP contribution in [0.3, 0.4) is 0 Å². The molecular weight excluding hydrogens is 303 g/mol. The summed E-state index contributed by atoms with van der Waals surface area (Å²) in [5.41, 5.74) is 5.20. The van der Waals surface area contributed by atoms with Crippen LogP contribution in [0.4, 0.5) is 10.1 Å². The molecule has 128 valence electrons. The van der Waals surface area contributed by atoms with Gasteiger partial charge in [-0.2, -0.15) is 0 Å². The maximum absolute atomic E-state index is 13.9. The van der Waals surface area contributed by atoms with Gasteiger partial charge in [-0.05, 0) is 49.6 Å². The van der Waals surface area contributed by atoms with E-state index in [0.717, 1.165) is 34.5 Å². The van der Waals surface area contributed by atoms with Crippen molar-refractivity contribution in [2.75, 3.05) is 20.7 Å². The monoisotopic (exact) mass is 328 g/mol. The molecule has 0 aliphatic carbocycles. The molecular formula is C20H25FN2O. The fraction of sp³-hybridized carbons (Fsp3) is 0.350. The van der Waals surface area contributed by atoms with E-state index in [9.17, 15) is 4.39 Å². The summed E-state index contributed by atoms with van der Waals surface area (Å²) in [4.78, 5) is 6.58. The zero-order chi connectivity index (χ0) is 17.7. The molecule has 2 rings (SSSR count). The average molecular weight is 328 g/mol. The number of halogens is 1. The Balaban J connectivity index is 2.32. The van der Waals surface area contributed by atoms with Crippen molar-refractivity contribution in [2.24, 2.45) is 4.99 Å². The van der Waals surface area contributed by atoms with Gasteiger partial charge >= 0.3 is 0 Å². The molecule has 2 aromatic rings. The van der Waals surface area contributed by atoms with Crippen LogP contribution in [0, 0.1) is 19.7 Å². The summed E-state index contributed by atoms with van der Waals surface area (Å²) >= 11 is 0. The topological polar surface area (TPSA) is 24.8 Å². The van der Waals surface area contributed by atoms with Crippen LogP contribution in [0.2, 0.25) is 0 Å². The van der Waals surface area contributed by atoms with Gasteiger partial charge in [-0.1, -0.05) is 18.2 Å². The molecule has 0 unspecified atom stereocenters. The van der Waals surface area contributed by atoms with Gasteiger partial charge in [0.05, 0.1) is 19.1 Å². The largest absolute Gasteiger partial charge is 0.493 e.